The number of benzene rings is 2. The summed E-state index contributed by atoms with van der Waals surface area (Å²) in [5, 5.41) is -0.545. The molecule has 0 heterocycles. The number of halogens is 1. The van der Waals surface area contributed by atoms with Crippen molar-refractivity contribution in [2.24, 2.45) is 0 Å². The Morgan fingerprint density at radius 1 is 0.885 bits per heavy atom. The predicted octanol–water partition coefficient (Wildman–Crippen LogP) is 2.86. The molecule has 0 aromatic heterocycles. The number of hydrogen-bond donors (Lipinski definition) is 0. The quantitative estimate of drug-likeness (QED) is 0.324. The minimum absolute atomic E-state index is 0.545. The first kappa shape index (κ1) is 20.4. The summed E-state index contributed by atoms with van der Waals surface area (Å²) in [5.74, 6) is 2.77. The van der Waals surface area contributed by atoms with Crippen LogP contribution in [0.4, 0.5) is 0 Å². The van der Waals surface area contributed by atoms with E-state index in [1.807, 2.05) is 24.3 Å². The van der Waals surface area contributed by atoms with E-state index in [9.17, 15) is 4.79 Å². The molecule has 2 aromatic rings. The maximum atomic E-state index is 11.6. The van der Waals surface area contributed by atoms with Crippen LogP contribution in [0, 0.1) is 0 Å². The van der Waals surface area contributed by atoms with Gasteiger partial charge in [-0.25, -0.2) is 0 Å². The van der Waals surface area contributed by atoms with Crippen LogP contribution in [-0.4, -0.2) is 54.6 Å². The molecule has 0 radical (unpaired) electrons. The molecule has 0 unspecified atom stereocenters. The molecule has 0 spiro atoms. The van der Waals surface area contributed by atoms with Crippen LogP contribution < -0.4 is 22.6 Å². The van der Waals surface area contributed by atoms with Gasteiger partial charge >= 0.3 is 168 Å². The van der Waals surface area contributed by atoms with Gasteiger partial charge in [0.05, 0.1) is 0 Å². The van der Waals surface area contributed by atoms with Crippen LogP contribution in [0.5, 0.6) is 23.0 Å². The molecule has 0 bridgehead atoms. The van der Waals surface area contributed by atoms with Crippen molar-refractivity contribution in [3.63, 3.8) is 0 Å². The number of ether oxygens (including phenoxy) is 4. The van der Waals surface area contributed by atoms with Crippen molar-refractivity contribution >= 4 is 45.0 Å². The average molecular weight is 490 g/mol. The molecule has 26 heavy (non-hydrogen) atoms. The van der Waals surface area contributed by atoms with Crippen LogP contribution >= 0.6 is 11.6 Å². The molecule has 7 heteroatoms. The van der Waals surface area contributed by atoms with Gasteiger partial charge in [-0.2, -0.15) is 0 Å². The number of carbonyl (C=O) groups is 1. The van der Waals surface area contributed by atoms with Gasteiger partial charge in [-0.05, 0) is 0 Å². The van der Waals surface area contributed by atoms with Gasteiger partial charge < -0.3 is 0 Å². The van der Waals surface area contributed by atoms with E-state index in [0.29, 0.717) is 11.5 Å². The first-order valence-corrected chi connectivity index (χ1v) is 10.3. The number of allylic oxidation sites excluding steroid dienone is 1. The van der Waals surface area contributed by atoms with Crippen LogP contribution in [0.25, 0.3) is 3.62 Å². The van der Waals surface area contributed by atoms with E-state index in [-0.39, 0.29) is 0 Å². The molecular formula is C19H19ClO5Te. The molecule has 0 aliphatic rings. The van der Waals surface area contributed by atoms with Crippen molar-refractivity contribution in [1.29, 1.82) is 0 Å². The number of methoxy groups -OCH3 is 4. The van der Waals surface area contributed by atoms with Crippen molar-refractivity contribution < 1.29 is 23.7 Å². The fourth-order valence-electron chi connectivity index (χ4n) is 2.25. The van der Waals surface area contributed by atoms with E-state index < -0.39 is 26.2 Å². The molecule has 2 rings (SSSR count). The fourth-order valence-corrected chi connectivity index (χ4v) is 5.70. The molecule has 5 nitrogen and oxygen atoms in total. The van der Waals surface area contributed by atoms with Crippen molar-refractivity contribution in [3.05, 3.63) is 48.0 Å². The van der Waals surface area contributed by atoms with Crippen molar-refractivity contribution in [3.8, 4) is 23.0 Å². The maximum absolute atomic E-state index is 11.6. The number of rotatable bonds is 8. The van der Waals surface area contributed by atoms with Crippen LogP contribution in [0.3, 0.4) is 0 Å². The monoisotopic (exact) mass is 492 g/mol. The van der Waals surface area contributed by atoms with Crippen LogP contribution in [0.1, 0.15) is 5.56 Å². The van der Waals surface area contributed by atoms with E-state index in [4.69, 9.17) is 30.5 Å². The van der Waals surface area contributed by atoms with E-state index in [2.05, 4.69) is 0 Å². The Morgan fingerprint density at radius 3 is 2.00 bits per heavy atom. The second-order valence-electron chi connectivity index (χ2n) is 5.00. The molecule has 138 valence electrons. The summed E-state index contributed by atoms with van der Waals surface area (Å²) < 4.78 is 23.3. The number of carbonyl (C=O) groups excluding carboxylic acids is 1. The number of hydrogen-bond acceptors (Lipinski definition) is 5. The fraction of sp³-hybridized carbons (Fsp3) is 0.211. The standard InChI is InChI=1S/C19H19ClO5Te/c1-22-12-5-7-15(24-3)14(9-12)17(11-19(20)21)26-18-10-13(23-2)6-8-16(18)25-4/h5-11H,1-4H3/b17-11-. The predicted molar refractivity (Wildman–Crippen MR) is 103 cm³/mol. The first-order valence-electron chi connectivity index (χ1n) is 7.55. The molecule has 0 N–H and O–H groups in total. The van der Waals surface area contributed by atoms with Gasteiger partial charge in [-0.15, -0.1) is 0 Å². The SMILES string of the molecule is COc1ccc(OC)c([Te]/C(=C\C(=O)Cl)c2cc(OC)ccc2OC)c1. The summed E-state index contributed by atoms with van der Waals surface area (Å²) >= 11 is 4.62. The molecule has 0 fully saturated rings. The van der Waals surface area contributed by atoms with Gasteiger partial charge in [-0.1, -0.05) is 0 Å². The summed E-state index contributed by atoms with van der Waals surface area (Å²) in [6.45, 7) is 0. The average Bonchev–Trinajstić information content (AvgIpc) is 2.66. The van der Waals surface area contributed by atoms with E-state index in [0.717, 1.165) is 24.3 Å². The Morgan fingerprint density at radius 2 is 1.46 bits per heavy atom. The topological polar surface area (TPSA) is 54.0 Å². The molecular weight excluding hydrogens is 471 g/mol. The van der Waals surface area contributed by atoms with Crippen molar-refractivity contribution in [1.82, 2.24) is 0 Å². The molecule has 0 aliphatic heterocycles. The molecule has 0 amide bonds. The Kier molecular flexibility index (Phi) is 7.65. The second kappa shape index (κ2) is 9.72. The van der Waals surface area contributed by atoms with Crippen molar-refractivity contribution in [2.45, 2.75) is 0 Å². The van der Waals surface area contributed by atoms with Gasteiger partial charge in [0.2, 0.25) is 0 Å². The molecule has 0 saturated heterocycles. The van der Waals surface area contributed by atoms with Gasteiger partial charge in [0.25, 0.3) is 0 Å². The second-order valence-corrected chi connectivity index (χ2v) is 8.46. The first-order chi connectivity index (χ1) is 12.5. The van der Waals surface area contributed by atoms with Crippen molar-refractivity contribution in [2.75, 3.05) is 28.4 Å². The van der Waals surface area contributed by atoms with Crippen LogP contribution in [0.2, 0.25) is 0 Å². The Labute approximate surface area is 167 Å². The zero-order valence-electron chi connectivity index (χ0n) is 14.9. The third-order valence-corrected chi connectivity index (χ3v) is 6.75. The summed E-state index contributed by atoms with van der Waals surface area (Å²) in [6.07, 6.45) is 1.43. The van der Waals surface area contributed by atoms with E-state index in [1.165, 1.54) is 6.08 Å². The summed E-state index contributed by atoms with van der Waals surface area (Å²) in [4.78, 5) is 11.6. The zero-order valence-corrected chi connectivity index (χ0v) is 18.0. The Hall–Kier alpha value is -1.87. The molecule has 2 aromatic carbocycles. The molecule has 0 atom stereocenters. The summed E-state index contributed by atoms with van der Waals surface area (Å²) in [6, 6.07) is 11.0. The van der Waals surface area contributed by atoms with Gasteiger partial charge in [-0.3, -0.25) is 0 Å². The summed E-state index contributed by atoms with van der Waals surface area (Å²) in [5.41, 5.74) is 0.771. The van der Waals surface area contributed by atoms with Crippen LogP contribution in [0.15, 0.2) is 42.5 Å². The normalized spacial score (nSPS) is 11.0. The summed E-state index contributed by atoms with van der Waals surface area (Å²) in [7, 11) is 6.39. The van der Waals surface area contributed by atoms with E-state index in [1.54, 1.807) is 40.6 Å². The molecule has 0 aliphatic carbocycles. The van der Waals surface area contributed by atoms with E-state index >= 15 is 0 Å². The molecule has 0 saturated carbocycles. The third kappa shape index (κ3) is 5.07. The minimum atomic E-state index is -1.05. The van der Waals surface area contributed by atoms with Gasteiger partial charge in [0.1, 0.15) is 0 Å². The zero-order chi connectivity index (χ0) is 19.1. The van der Waals surface area contributed by atoms with Gasteiger partial charge in [0.15, 0.2) is 0 Å². The van der Waals surface area contributed by atoms with Crippen LogP contribution in [-0.2, 0) is 4.79 Å². The Bertz CT molecular complexity index is 820. The third-order valence-electron chi connectivity index (χ3n) is 3.51. The Balaban J connectivity index is 2.56. The van der Waals surface area contributed by atoms with Gasteiger partial charge in [0, 0.05) is 0 Å².